The molecule has 0 aliphatic rings. The van der Waals surface area contributed by atoms with Crippen molar-refractivity contribution in [3.8, 4) is 0 Å². The van der Waals surface area contributed by atoms with E-state index in [1.165, 1.54) is 0 Å². The lowest BCUT2D eigenvalue weighted by Crippen LogP contribution is -2.37. The molecule has 9 heterocycles. The van der Waals surface area contributed by atoms with Crippen molar-refractivity contribution < 1.29 is 59.4 Å². The van der Waals surface area contributed by atoms with Crippen molar-refractivity contribution in [2.24, 2.45) is 0 Å². The lowest BCUT2D eigenvalue weighted by atomic mass is 10.1. The highest BCUT2D eigenvalue weighted by Gasteiger charge is 2.30. The summed E-state index contributed by atoms with van der Waals surface area (Å²) in [7, 11) is 0. The molecule has 0 bridgehead atoms. The average molecular weight is 1600 g/mol. The molecule has 602 valence electrons. The standard InChI is InChI=1S/C81H81N25O12/c107-67(108)61(31-43-37-85-55-19-7-1-13-49(43)55)91-76-97-73(98-77(103-76)92-62(68(109)110)32-44-38-86-56-20-8-2-14-50(44)56)82-25-28-106(29-26-83-74-99-78(93-63(69(111)112)33-45-39-87-57-21-9-3-15-51(45)57)104-79(100-74)94-64(70(113)114)34-46-40-88-58-22-10-4-16-52(46)58)30-27-84-75-101-80(95-65(71(115)116)35-47-41-89-59-23-11-5-17-53(47)59)105-81(102-75)96-66(72(117)118)36-48-42-90-60-24-12-6-18-54(48)60/h1-24,37-42,61-66,85-90H,25-36H2,(H,107,108)(H,109,110)(H,111,112)(H,113,114)(H,115,116)(H,117,118)(H3,82,91,92,97,98,103)(H3,83,93,94,99,100,104)(H3,84,95,96,101,102,105)/t61-,62-,63-,64-,65-,66-/m0/s1. The van der Waals surface area contributed by atoms with E-state index in [4.69, 9.17) is 0 Å². The Kier molecular flexibility index (Phi) is 23.3. The number of para-hydroxylation sites is 6. The molecule has 9 aromatic heterocycles. The highest BCUT2D eigenvalue weighted by molar-refractivity contribution is 5.91. The second kappa shape index (κ2) is 35.3. The van der Waals surface area contributed by atoms with Gasteiger partial charge >= 0.3 is 35.8 Å². The highest BCUT2D eigenvalue weighted by Crippen LogP contribution is 2.29. The molecule has 37 nitrogen and oxygen atoms in total. The van der Waals surface area contributed by atoms with E-state index in [1.807, 2.05) is 150 Å². The molecular weight excluding hydrogens is 1520 g/mol. The van der Waals surface area contributed by atoms with Gasteiger partial charge in [-0.3, -0.25) is 4.90 Å². The van der Waals surface area contributed by atoms with Gasteiger partial charge in [0.1, 0.15) is 36.3 Å². The van der Waals surface area contributed by atoms with Crippen molar-refractivity contribution in [3.63, 3.8) is 0 Å². The predicted molar refractivity (Wildman–Crippen MR) is 444 cm³/mol. The van der Waals surface area contributed by atoms with Gasteiger partial charge in [0.25, 0.3) is 0 Å². The van der Waals surface area contributed by atoms with Gasteiger partial charge in [-0.05, 0) is 69.8 Å². The Hall–Kier alpha value is -15.4. The summed E-state index contributed by atoms with van der Waals surface area (Å²) in [6, 6.07) is 36.7. The third kappa shape index (κ3) is 18.8. The predicted octanol–water partition coefficient (Wildman–Crippen LogP) is 8.71. The van der Waals surface area contributed by atoms with Gasteiger partial charge < -0.3 is 108 Å². The Morgan fingerprint density at radius 2 is 0.415 bits per heavy atom. The SMILES string of the molecule is O=C(O)[C@H](Cc1c[nH]c2ccccc12)Nc1nc(NCCN(CCNc2nc(N[C@@H](Cc3c[nH]c4ccccc34)C(=O)O)nc(N[C@@H](Cc3c[nH]c4ccccc34)C(=O)O)n2)CCNc2nc(N[C@@H](Cc3c[nH]c4ccccc34)C(=O)O)nc(N[C@@H](Cc3c[nH]c4ccccc34)C(=O)O)n2)nc(N[C@@H](Cc2c[nH]c3ccccc23)C(=O)O)n1. The van der Waals surface area contributed by atoms with Crippen molar-refractivity contribution in [3.05, 3.63) is 216 Å². The summed E-state index contributed by atoms with van der Waals surface area (Å²) in [4.78, 5) is 142. The van der Waals surface area contributed by atoms with Gasteiger partial charge in [-0.2, -0.15) is 44.9 Å². The van der Waals surface area contributed by atoms with Crippen LogP contribution in [-0.2, 0) is 67.3 Å². The molecule has 0 amide bonds. The fraction of sp³-hybridized carbons (Fsp3) is 0.222. The summed E-state index contributed by atoms with van der Waals surface area (Å²) in [5, 5.41) is 96.7. The van der Waals surface area contributed by atoms with Gasteiger partial charge in [0.05, 0.1) is 0 Å². The van der Waals surface area contributed by atoms with Gasteiger partial charge in [-0.15, -0.1) is 0 Å². The fourth-order valence-electron chi connectivity index (χ4n) is 14.3. The molecule has 0 unspecified atom stereocenters. The number of carboxylic acids is 6. The monoisotopic (exact) mass is 1600 g/mol. The Bertz CT molecular complexity index is 5230. The zero-order valence-electron chi connectivity index (χ0n) is 62.9. The largest absolute Gasteiger partial charge is 0.480 e. The lowest BCUT2D eigenvalue weighted by molar-refractivity contribution is -0.138. The number of aromatic nitrogens is 15. The molecule has 0 aliphatic carbocycles. The Morgan fingerprint density at radius 1 is 0.254 bits per heavy atom. The summed E-state index contributed by atoms with van der Waals surface area (Å²) in [5.41, 5.74) is 8.87. The number of fused-ring (bicyclic) bond motifs is 6. The van der Waals surface area contributed by atoms with Crippen LogP contribution in [0.5, 0.6) is 0 Å². The number of anilines is 9. The van der Waals surface area contributed by atoms with Crippen LogP contribution in [-0.4, -0.2) is 222 Å². The molecular formula is C81H81N25O12. The van der Waals surface area contributed by atoms with Crippen LogP contribution in [0, 0.1) is 0 Å². The summed E-state index contributed by atoms with van der Waals surface area (Å²) in [6.07, 6.45) is 10.2. The number of carbonyl (C=O) groups is 6. The number of H-pyrrole nitrogens is 6. The molecule has 21 N–H and O–H groups in total. The van der Waals surface area contributed by atoms with Crippen molar-refractivity contribution in [1.82, 2.24) is 79.7 Å². The average Bonchev–Trinajstić information content (AvgIpc) is 1.74. The zero-order chi connectivity index (χ0) is 81.8. The first-order chi connectivity index (χ1) is 57.3. The number of carboxylic acid groups (broad SMARTS) is 6. The molecule has 0 saturated heterocycles. The molecule has 0 fully saturated rings. The van der Waals surface area contributed by atoms with Gasteiger partial charge in [0, 0.05) is 180 Å². The van der Waals surface area contributed by atoms with Crippen LogP contribution in [0.15, 0.2) is 183 Å². The summed E-state index contributed by atoms with van der Waals surface area (Å²) in [6.45, 7) is 0.486. The van der Waals surface area contributed by atoms with E-state index in [-0.39, 0.29) is 131 Å². The molecule has 37 heteroatoms. The first-order valence-corrected chi connectivity index (χ1v) is 37.8. The van der Waals surface area contributed by atoms with Crippen molar-refractivity contribution in [2.45, 2.75) is 74.8 Å². The molecule has 0 saturated carbocycles. The maximum Gasteiger partial charge on any atom is 0.326 e. The number of hydrogen-bond donors (Lipinski definition) is 21. The molecule has 6 aromatic carbocycles. The number of aliphatic carboxylic acids is 6. The lowest BCUT2D eigenvalue weighted by Gasteiger charge is -2.24. The molecule has 0 aliphatic heterocycles. The normalized spacial score (nSPS) is 13.1. The number of nitrogens with zero attached hydrogens (tertiary/aromatic N) is 10. The van der Waals surface area contributed by atoms with Crippen LogP contribution < -0.4 is 47.9 Å². The van der Waals surface area contributed by atoms with Gasteiger partial charge in [0.15, 0.2) is 0 Å². The maximum atomic E-state index is 13.2. The number of nitrogens with one attached hydrogen (secondary N) is 15. The topological polar surface area (TPSA) is 546 Å². The number of hydrogen-bond acceptors (Lipinski definition) is 25. The number of benzene rings is 6. The summed E-state index contributed by atoms with van der Waals surface area (Å²) >= 11 is 0. The molecule has 118 heavy (non-hydrogen) atoms. The molecule has 15 aromatic rings. The molecule has 6 atom stereocenters. The Morgan fingerprint density at radius 3 is 0.585 bits per heavy atom. The third-order valence-electron chi connectivity index (χ3n) is 20.2. The van der Waals surface area contributed by atoms with E-state index in [1.54, 1.807) is 37.2 Å². The first-order valence-electron chi connectivity index (χ1n) is 37.8. The van der Waals surface area contributed by atoms with E-state index >= 15 is 0 Å². The van der Waals surface area contributed by atoms with Crippen LogP contribution in [0.1, 0.15) is 33.4 Å². The highest BCUT2D eigenvalue weighted by atomic mass is 16.4. The van der Waals surface area contributed by atoms with E-state index in [9.17, 15) is 59.4 Å². The first kappa shape index (κ1) is 77.9. The number of rotatable bonds is 42. The minimum Gasteiger partial charge on any atom is -0.480 e. The van der Waals surface area contributed by atoms with E-state index < -0.39 is 72.1 Å². The summed E-state index contributed by atoms with van der Waals surface area (Å²) < 4.78 is 0. The van der Waals surface area contributed by atoms with E-state index in [0.29, 0.717) is 33.4 Å². The van der Waals surface area contributed by atoms with Crippen molar-refractivity contribution in [1.29, 1.82) is 0 Å². The molecule has 0 spiro atoms. The van der Waals surface area contributed by atoms with Gasteiger partial charge in [-0.25, -0.2) is 28.8 Å². The zero-order valence-corrected chi connectivity index (χ0v) is 62.9. The van der Waals surface area contributed by atoms with Crippen LogP contribution in [0.3, 0.4) is 0 Å². The minimum absolute atomic E-state index is 0.0279. The molecule has 15 rings (SSSR count). The summed E-state index contributed by atoms with van der Waals surface area (Å²) in [5.74, 6) is -8.99. The van der Waals surface area contributed by atoms with Crippen LogP contribution >= 0.6 is 0 Å². The van der Waals surface area contributed by atoms with E-state index in [0.717, 1.165) is 65.4 Å². The number of aromatic amines is 6. The molecule has 0 radical (unpaired) electrons. The van der Waals surface area contributed by atoms with Crippen LogP contribution in [0.2, 0.25) is 0 Å². The van der Waals surface area contributed by atoms with Gasteiger partial charge in [-0.1, -0.05) is 109 Å². The second-order valence-electron chi connectivity index (χ2n) is 28.1. The Balaban J connectivity index is 0.736. The Labute approximate surface area is 668 Å². The van der Waals surface area contributed by atoms with Crippen molar-refractivity contribution in [2.75, 3.05) is 87.1 Å². The smallest absolute Gasteiger partial charge is 0.326 e. The second-order valence-corrected chi connectivity index (χ2v) is 28.1. The van der Waals surface area contributed by atoms with Crippen molar-refractivity contribution >= 4 is 155 Å². The van der Waals surface area contributed by atoms with E-state index in [2.05, 4.69) is 123 Å². The minimum atomic E-state index is -1.31. The third-order valence-corrected chi connectivity index (χ3v) is 20.2. The fourth-order valence-corrected chi connectivity index (χ4v) is 14.3. The maximum absolute atomic E-state index is 13.2. The quantitative estimate of drug-likeness (QED) is 0.0170. The van der Waals surface area contributed by atoms with Crippen LogP contribution in [0.4, 0.5) is 53.5 Å². The van der Waals surface area contributed by atoms with Gasteiger partial charge in [0.2, 0.25) is 53.5 Å². The van der Waals surface area contributed by atoms with Crippen LogP contribution in [0.25, 0.3) is 65.4 Å².